The molecule has 0 aliphatic carbocycles. The van der Waals surface area contributed by atoms with Crippen molar-refractivity contribution < 1.29 is 0 Å². The molecule has 108 valence electrons. The fraction of sp³-hybridized carbons (Fsp3) is 0.667. The molecule has 1 fully saturated rings. The third-order valence-electron chi connectivity index (χ3n) is 4.05. The van der Waals surface area contributed by atoms with Crippen LogP contribution < -0.4 is 5.32 Å². The first kappa shape index (κ1) is 13.5. The zero-order chi connectivity index (χ0) is 14.2. The van der Waals surface area contributed by atoms with Gasteiger partial charge in [-0.3, -0.25) is 4.40 Å². The Morgan fingerprint density at radius 1 is 1.25 bits per heavy atom. The lowest BCUT2D eigenvalue weighted by atomic mass is 9.92. The normalized spacial score (nSPS) is 17.8. The molecule has 2 aromatic rings. The van der Waals surface area contributed by atoms with Crippen molar-refractivity contribution in [2.75, 3.05) is 13.1 Å². The quantitative estimate of drug-likeness (QED) is 0.909. The molecule has 0 bridgehead atoms. The van der Waals surface area contributed by atoms with Crippen molar-refractivity contribution >= 4 is 5.78 Å². The van der Waals surface area contributed by atoms with Crippen LogP contribution in [0, 0.1) is 5.92 Å². The van der Waals surface area contributed by atoms with Crippen LogP contribution in [0.15, 0.2) is 12.3 Å². The Morgan fingerprint density at radius 2 is 2.00 bits per heavy atom. The van der Waals surface area contributed by atoms with Crippen LogP contribution in [0.3, 0.4) is 0 Å². The highest BCUT2D eigenvalue weighted by Crippen LogP contribution is 2.21. The Balaban J connectivity index is 1.86. The molecular weight excluding hydrogens is 250 g/mol. The third kappa shape index (κ3) is 2.68. The lowest BCUT2D eigenvalue weighted by Gasteiger charge is -2.21. The van der Waals surface area contributed by atoms with Crippen molar-refractivity contribution in [1.29, 1.82) is 0 Å². The zero-order valence-corrected chi connectivity index (χ0v) is 12.6. The van der Waals surface area contributed by atoms with Gasteiger partial charge in [0.1, 0.15) is 5.82 Å². The molecule has 3 rings (SSSR count). The second kappa shape index (κ2) is 5.13. The van der Waals surface area contributed by atoms with Crippen LogP contribution in [-0.4, -0.2) is 32.7 Å². The standard InChI is InChI=1S/C15H23N5/c1-15(2,3)12-6-9-20-13(18-19-14(20)17-12)10-11-4-7-16-8-5-11/h6,9,11,16H,4-5,7-8,10H2,1-3H3. The van der Waals surface area contributed by atoms with Gasteiger partial charge in [-0.05, 0) is 37.9 Å². The number of fused-ring (bicyclic) bond motifs is 1. The maximum atomic E-state index is 4.64. The van der Waals surface area contributed by atoms with Crippen molar-refractivity contribution in [2.24, 2.45) is 5.92 Å². The number of aromatic nitrogens is 4. The first-order valence-electron chi connectivity index (χ1n) is 7.46. The maximum absolute atomic E-state index is 4.64. The van der Waals surface area contributed by atoms with Crippen LogP contribution in [0.2, 0.25) is 0 Å². The SMILES string of the molecule is CC(C)(C)c1ccn2c(CC3CCNCC3)nnc2n1. The van der Waals surface area contributed by atoms with E-state index in [0.29, 0.717) is 5.92 Å². The predicted molar refractivity (Wildman–Crippen MR) is 78.8 cm³/mol. The Bertz CT molecular complexity index is 590. The summed E-state index contributed by atoms with van der Waals surface area (Å²) in [6.45, 7) is 8.73. The molecule has 0 atom stereocenters. The van der Waals surface area contributed by atoms with E-state index in [9.17, 15) is 0 Å². The highest BCUT2D eigenvalue weighted by molar-refractivity contribution is 5.31. The second-order valence-corrected chi connectivity index (χ2v) is 6.75. The van der Waals surface area contributed by atoms with Gasteiger partial charge in [0.15, 0.2) is 0 Å². The highest BCUT2D eigenvalue weighted by Gasteiger charge is 2.19. The molecule has 3 heterocycles. The Morgan fingerprint density at radius 3 is 2.70 bits per heavy atom. The second-order valence-electron chi connectivity index (χ2n) is 6.75. The molecule has 1 aliphatic heterocycles. The largest absolute Gasteiger partial charge is 0.317 e. The van der Waals surface area contributed by atoms with Gasteiger partial charge in [-0.15, -0.1) is 10.2 Å². The summed E-state index contributed by atoms with van der Waals surface area (Å²) in [6, 6.07) is 2.09. The van der Waals surface area contributed by atoms with E-state index >= 15 is 0 Å². The molecule has 2 aromatic heterocycles. The smallest absolute Gasteiger partial charge is 0.255 e. The first-order chi connectivity index (χ1) is 9.54. The van der Waals surface area contributed by atoms with Crippen molar-refractivity contribution in [3.05, 3.63) is 23.8 Å². The van der Waals surface area contributed by atoms with E-state index in [-0.39, 0.29) is 5.41 Å². The van der Waals surface area contributed by atoms with Crippen LogP contribution in [0.1, 0.15) is 45.1 Å². The van der Waals surface area contributed by atoms with Crippen molar-refractivity contribution in [2.45, 2.75) is 45.4 Å². The van der Waals surface area contributed by atoms with Gasteiger partial charge in [-0.25, -0.2) is 4.98 Å². The predicted octanol–water partition coefficient (Wildman–Crippen LogP) is 1.96. The van der Waals surface area contributed by atoms with E-state index in [1.807, 2.05) is 4.40 Å². The number of hydrogen-bond donors (Lipinski definition) is 1. The Labute approximate surface area is 119 Å². The lowest BCUT2D eigenvalue weighted by Crippen LogP contribution is -2.29. The molecule has 0 spiro atoms. The number of rotatable bonds is 2. The van der Waals surface area contributed by atoms with Gasteiger partial charge in [-0.2, -0.15) is 0 Å². The highest BCUT2D eigenvalue weighted by atomic mass is 15.3. The minimum Gasteiger partial charge on any atom is -0.317 e. The monoisotopic (exact) mass is 273 g/mol. The van der Waals surface area contributed by atoms with Crippen molar-refractivity contribution in [1.82, 2.24) is 24.9 Å². The topological polar surface area (TPSA) is 55.1 Å². The van der Waals surface area contributed by atoms with E-state index in [1.54, 1.807) is 0 Å². The minimum absolute atomic E-state index is 0.0445. The van der Waals surface area contributed by atoms with Gasteiger partial charge >= 0.3 is 0 Å². The molecular formula is C15H23N5. The number of nitrogens with one attached hydrogen (secondary N) is 1. The fourth-order valence-corrected chi connectivity index (χ4v) is 2.73. The summed E-state index contributed by atoms with van der Waals surface area (Å²) in [5, 5.41) is 12.0. The summed E-state index contributed by atoms with van der Waals surface area (Å²) in [5.74, 6) is 2.48. The fourth-order valence-electron chi connectivity index (χ4n) is 2.73. The molecule has 0 amide bonds. The zero-order valence-electron chi connectivity index (χ0n) is 12.6. The Kier molecular flexibility index (Phi) is 3.46. The van der Waals surface area contributed by atoms with Crippen LogP contribution in [0.4, 0.5) is 0 Å². The van der Waals surface area contributed by atoms with Gasteiger partial charge in [0.25, 0.3) is 5.78 Å². The van der Waals surface area contributed by atoms with Crippen LogP contribution in [-0.2, 0) is 11.8 Å². The molecule has 0 unspecified atom stereocenters. The van der Waals surface area contributed by atoms with Gasteiger partial charge in [-0.1, -0.05) is 20.8 Å². The van der Waals surface area contributed by atoms with Crippen LogP contribution in [0.5, 0.6) is 0 Å². The minimum atomic E-state index is 0.0445. The summed E-state index contributed by atoms with van der Waals surface area (Å²) in [7, 11) is 0. The summed E-state index contributed by atoms with van der Waals surface area (Å²) in [6.07, 6.45) is 5.52. The van der Waals surface area contributed by atoms with Crippen molar-refractivity contribution in [3.63, 3.8) is 0 Å². The average Bonchev–Trinajstić information content (AvgIpc) is 2.81. The summed E-state index contributed by atoms with van der Waals surface area (Å²) in [4.78, 5) is 4.64. The maximum Gasteiger partial charge on any atom is 0.255 e. The molecule has 1 N–H and O–H groups in total. The third-order valence-corrected chi connectivity index (χ3v) is 4.05. The van der Waals surface area contributed by atoms with Gasteiger partial charge in [0.05, 0.1) is 5.69 Å². The average molecular weight is 273 g/mol. The van der Waals surface area contributed by atoms with Gasteiger partial charge in [0.2, 0.25) is 0 Å². The first-order valence-corrected chi connectivity index (χ1v) is 7.46. The Hall–Kier alpha value is -1.49. The van der Waals surface area contributed by atoms with E-state index in [4.69, 9.17) is 0 Å². The van der Waals surface area contributed by atoms with Gasteiger partial charge in [0, 0.05) is 18.0 Å². The summed E-state index contributed by atoms with van der Waals surface area (Å²) in [5.41, 5.74) is 1.11. The van der Waals surface area contributed by atoms with Crippen LogP contribution >= 0.6 is 0 Å². The van der Waals surface area contributed by atoms with E-state index in [2.05, 4.69) is 53.5 Å². The summed E-state index contributed by atoms with van der Waals surface area (Å²) < 4.78 is 2.04. The van der Waals surface area contributed by atoms with E-state index in [0.717, 1.165) is 36.8 Å². The molecule has 0 saturated carbocycles. The molecule has 1 saturated heterocycles. The molecule has 1 aliphatic rings. The molecule has 5 heteroatoms. The van der Waals surface area contributed by atoms with Crippen molar-refractivity contribution in [3.8, 4) is 0 Å². The molecule has 0 radical (unpaired) electrons. The molecule has 5 nitrogen and oxygen atoms in total. The number of hydrogen-bond acceptors (Lipinski definition) is 4. The number of piperidine rings is 1. The molecule has 0 aromatic carbocycles. The summed E-state index contributed by atoms with van der Waals surface area (Å²) >= 11 is 0. The molecule has 20 heavy (non-hydrogen) atoms. The lowest BCUT2D eigenvalue weighted by molar-refractivity contribution is 0.366. The van der Waals surface area contributed by atoms with E-state index in [1.165, 1.54) is 12.8 Å². The van der Waals surface area contributed by atoms with E-state index < -0.39 is 0 Å². The van der Waals surface area contributed by atoms with Gasteiger partial charge < -0.3 is 5.32 Å². The number of nitrogens with zero attached hydrogens (tertiary/aromatic N) is 4. The van der Waals surface area contributed by atoms with Crippen LogP contribution in [0.25, 0.3) is 5.78 Å².